The number of para-hydroxylation sites is 2. The van der Waals surface area contributed by atoms with Crippen molar-refractivity contribution >= 4 is 40.8 Å². The molecule has 2 N–H and O–H groups in total. The van der Waals surface area contributed by atoms with Gasteiger partial charge in [0.25, 0.3) is 5.69 Å². The normalized spacial score (nSPS) is 10.9. The molecule has 0 unspecified atom stereocenters. The number of phenols is 1. The lowest BCUT2D eigenvalue weighted by Crippen LogP contribution is -2.07. The summed E-state index contributed by atoms with van der Waals surface area (Å²) < 4.78 is 0. The molecule has 0 aliphatic carbocycles. The van der Waals surface area contributed by atoms with Gasteiger partial charge in [0.05, 0.1) is 16.5 Å². The van der Waals surface area contributed by atoms with Crippen molar-refractivity contribution in [2.24, 2.45) is 4.99 Å². The Bertz CT molecular complexity index is 751. The molecule has 0 saturated carbocycles. The van der Waals surface area contributed by atoms with E-state index in [1.54, 1.807) is 24.3 Å². The lowest BCUT2D eigenvalue weighted by molar-refractivity contribution is -0.384. The second-order valence-corrected chi connectivity index (χ2v) is 5.41. The van der Waals surface area contributed by atoms with Crippen LogP contribution in [-0.4, -0.2) is 29.3 Å². The Morgan fingerprint density at radius 2 is 2.04 bits per heavy atom. The molecule has 120 valence electrons. The molecule has 0 aromatic heterocycles. The van der Waals surface area contributed by atoms with E-state index in [0.717, 1.165) is 0 Å². The van der Waals surface area contributed by atoms with Gasteiger partial charge in [0, 0.05) is 29.4 Å². The molecule has 2 aromatic rings. The minimum Gasteiger partial charge on any atom is -0.506 e. The summed E-state index contributed by atoms with van der Waals surface area (Å²) in [7, 11) is 0. The van der Waals surface area contributed by atoms with Gasteiger partial charge in [-0.1, -0.05) is 35.3 Å². The molecule has 0 saturated heterocycles. The molecule has 0 heterocycles. The van der Waals surface area contributed by atoms with Gasteiger partial charge in [0.15, 0.2) is 0 Å². The highest BCUT2D eigenvalue weighted by atomic mass is 35.5. The maximum atomic E-state index is 10.9. The second-order valence-electron chi connectivity index (χ2n) is 4.56. The number of anilines is 1. The quantitative estimate of drug-likeness (QED) is 0.353. The topological polar surface area (TPSA) is 87.8 Å². The predicted molar refractivity (Wildman–Crippen MR) is 92.2 cm³/mol. The molecule has 2 rings (SSSR count). The minimum absolute atomic E-state index is 0.00995. The summed E-state index contributed by atoms with van der Waals surface area (Å²) in [4.78, 5) is 14.6. The van der Waals surface area contributed by atoms with E-state index in [9.17, 15) is 15.2 Å². The molecular formula is C15H13Cl2N3O3. The highest BCUT2D eigenvalue weighted by molar-refractivity contribution is 6.36. The van der Waals surface area contributed by atoms with E-state index in [0.29, 0.717) is 29.4 Å². The Balaban J connectivity index is 1.95. The van der Waals surface area contributed by atoms with Crippen molar-refractivity contribution in [1.29, 1.82) is 0 Å². The van der Waals surface area contributed by atoms with Gasteiger partial charge in [-0.05, 0) is 18.2 Å². The summed E-state index contributed by atoms with van der Waals surface area (Å²) in [5.41, 5.74) is 0.852. The van der Waals surface area contributed by atoms with Crippen LogP contribution >= 0.6 is 23.2 Å². The Morgan fingerprint density at radius 3 is 2.78 bits per heavy atom. The van der Waals surface area contributed by atoms with Crippen molar-refractivity contribution in [2.45, 2.75) is 0 Å². The zero-order valence-electron chi connectivity index (χ0n) is 11.9. The third-order valence-corrected chi connectivity index (χ3v) is 3.45. The zero-order valence-corrected chi connectivity index (χ0v) is 13.4. The van der Waals surface area contributed by atoms with Gasteiger partial charge in [0.2, 0.25) is 0 Å². The number of benzene rings is 2. The number of hydrogen-bond donors (Lipinski definition) is 2. The Hall–Kier alpha value is -2.31. The average Bonchev–Trinajstić information content (AvgIpc) is 2.51. The van der Waals surface area contributed by atoms with Crippen molar-refractivity contribution < 1.29 is 10.0 Å². The predicted octanol–water partition coefficient (Wildman–Crippen LogP) is 4.14. The third kappa shape index (κ3) is 4.58. The van der Waals surface area contributed by atoms with Crippen LogP contribution in [0.4, 0.5) is 11.4 Å². The number of hydrogen-bond acceptors (Lipinski definition) is 5. The van der Waals surface area contributed by atoms with Crippen LogP contribution in [0.3, 0.4) is 0 Å². The first kappa shape index (κ1) is 17.1. The first-order chi connectivity index (χ1) is 11.0. The van der Waals surface area contributed by atoms with Crippen LogP contribution in [-0.2, 0) is 0 Å². The number of nitrogens with zero attached hydrogens (tertiary/aromatic N) is 2. The van der Waals surface area contributed by atoms with E-state index in [1.807, 2.05) is 0 Å². The molecular weight excluding hydrogens is 341 g/mol. The van der Waals surface area contributed by atoms with Crippen molar-refractivity contribution in [2.75, 3.05) is 18.4 Å². The summed E-state index contributed by atoms with van der Waals surface area (Å²) in [5.74, 6) is -0.0912. The van der Waals surface area contributed by atoms with E-state index in [-0.39, 0.29) is 16.5 Å². The average molecular weight is 354 g/mol. The summed E-state index contributed by atoms with van der Waals surface area (Å²) in [6.07, 6.45) is 1.45. The number of nitro groups is 1. The minimum atomic E-state index is -0.447. The lowest BCUT2D eigenvalue weighted by Gasteiger charge is -2.05. The summed E-state index contributed by atoms with van der Waals surface area (Å²) in [5, 5.41) is 24.2. The van der Waals surface area contributed by atoms with Crippen LogP contribution in [0.25, 0.3) is 0 Å². The Morgan fingerprint density at radius 1 is 1.30 bits per heavy atom. The largest absolute Gasteiger partial charge is 0.506 e. The molecule has 23 heavy (non-hydrogen) atoms. The molecule has 0 radical (unpaired) electrons. The smallest absolute Gasteiger partial charge is 0.292 e. The Labute approximate surface area is 142 Å². The van der Waals surface area contributed by atoms with Crippen LogP contribution in [0, 0.1) is 10.1 Å². The first-order valence-electron chi connectivity index (χ1n) is 6.64. The fourth-order valence-electron chi connectivity index (χ4n) is 1.88. The lowest BCUT2D eigenvalue weighted by atomic mass is 10.2. The Kier molecular flexibility index (Phi) is 5.78. The van der Waals surface area contributed by atoms with Gasteiger partial charge >= 0.3 is 0 Å². The van der Waals surface area contributed by atoms with Crippen molar-refractivity contribution in [3.05, 3.63) is 62.1 Å². The third-order valence-electron chi connectivity index (χ3n) is 2.95. The van der Waals surface area contributed by atoms with Crippen LogP contribution in [0.15, 0.2) is 41.4 Å². The number of halogens is 2. The van der Waals surface area contributed by atoms with Crippen LogP contribution in [0.2, 0.25) is 10.0 Å². The van der Waals surface area contributed by atoms with Gasteiger partial charge in [-0.3, -0.25) is 15.1 Å². The molecule has 0 fully saturated rings. The molecule has 0 spiro atoms. The molecule has 0 aliphatic heterocycles. The SMILES string of the molecule is O=[N+]([O-])c1ccccc1NCCN=Cc1cc(Cl)cc(Cl)c1O. The summed E-state index contributed by atoms with van der Waals surface area (Å²) in [6.45, 7) is 0.756. The van der Waals surface area contributed by atoms with Gasteiger partial charge < -0.3 is 10.4 Å². The molecule has 0 aliphatic rings. The number of rotatable bonds is 6. The fourth-order valence-corrected chi connectivity index (χ4v) is 2.39. The van der Waals surface area contributed by atoms with Gasteiger partial charge in [-0.15, -0.1) is 0 Å². The second kappa shape index (κ2) is 7.80. The maximum Gasteiger partial charge on any atom is 0.292 e. The van der Waals surface area contributed by atoms with E-state index in [2.05, 4.69) is 10.3 Å². The van der Waals surface area contributed by atoms with Gasteiger partial charge in [0.1, 0.15) is 11.4 Å². The number of nitro benzene ring substituents is 1. The van der Waals surface area contributed by atoms with Crippen molar-refractivity contribution in [3.63, 3.8) is 0 Å². The van der Waals surface area contributed by atoms with E-state index < -0.39 is 4.92 Å². The van der Waals surface area contributed by atoms with Crippen LogP contribution in [0.1, 0.15) is 5.56 Å². The highest BCUT2D eigenvalue weighted by Gasteiger charge is 2.11. The molecule has 0 bridgehead atoms. The number of aromatic hydroxyl groups is 1. The zero-order chi connectivity index (χ0) is 16.8. The molecule has 0 amide bonds. The van der Waals surface area contributed by atoms with E-state index >= 15 is 0 Å². The monoisotopic (exact) mass is 353 g/mol. The molecule has 0 atom stereocenters. The van der Waals surface area contributed by atoms with Gasteiger partial charge in [-0.2, -0.15) is 0 Å². The summed E-state index contributed by atoms with van der Waals surface area (Å²) in [6, 6.07) is 9.35. The number of phenolic OH excluding ortho intramolecular Hbond substituents is 1. The fraction of sp³-hybridized carbons (Fsp3) is 0.133. The number of nitrogens with one attached hydrogen (secondary N) is 1. The van der Waals surface area contributed by atoms with Gasteiger partial charge in [-0.25, -0.2) is 0 Å². The maximum absolute atomic E-state index is 10.9. The number of aliphatic imine (C=N–C) groups is 1. The van der Waals surface area contributed by atoms with Crippen molar-refractivity contribution in [1.82, 2.24) is 0 Å². The molecule has 6 nitrogen and oxygen atoms in total. The standard InChI is InChI=1S/C15H13Cl2N3O3/c16-11-7-10(15(21)12(17)8-11)9-18-5-6-19-13-3-1-2-4-14(13)20(22)23/h1-4,7-9,19,21H,5-6H2. The van der Waals surface area contributed by atoms with E-state index in [1.165, 1.54) is 18.3 Å². The first-order valence-corrected chi connectivity index (χ1v) is 7.39. The van der Waals surface area contributed by atoms with Crippen molar-refractivity contribution in [3.8, 4) is 5.75 Å². The molecule has 8 heteroatoms. The summed E-state index contributed by atoms with van der Waals surface area (Å²) >= 11 is 11.7. The highest BCUT2D eigenvalue weighted by Crippen LogP contribution is 2.30. The van der Waals surface area contributed by atoms with Crippen LogP contribution in [0.5, 0.6) is 5.75 Å². The molecule has 2 aromatic carbocycles. The van der Waals surface area contributed by atoms with E-state index in [4.69, 9.17) is 23.2 Å². The van der Waals surface area contributed by atoms with Crippen LogP contribution < -0.4 is 5.32 Å².